The lowest BCUT2D eigenvalue weighted by atomic mass is 9.95. The van der Waals surface area contributed by atoms with Crippen LogP contribution in [-0.2, 0) is 6.42 Å². The van der Waals surface area contributed by atoms with Gasteiger partial charge in [0.25, 0.3) is 0 Å². The second-order valence-electron chi connectivity index (χ2n) is 5.27. The van der Waals surface area contributed by atoms with E-state index in [4.69, 9.17) is 0 Å². The van der Waals surface area contributed by atoms with Gasteiger partial charge in [0.15, 0.2) is 0 Å². The van der Waals surface area contributed by atoms with Gasteiger partial charge in [0.2, 0.25) is 0 Å². The molecule has 3 heteroatoms. The average Bonchev–Trinajstić information content (AvgIpc) is 2.46. The molecule has 0 amide bonds. The first kappa shape index (κ1) is 17.2. The normalized spacial score (nSPS) is 10.3. The first-order valence-corrected chi connectivity index (χ1v) is 7.46. The largest absolute Gasteiger partial charge is 0.545 e. The monoisotopic (exact) mass is 287 g/mol. The van der Waals surface area contributed by atoms with Gasteiger partial charge in [-0.05, 0) is 29.2 Å². The van der Waals surface area contributed by atoms with Crippen molar-refractivity contribution in [2.24, 2.45) is 0 Å². The molecule has 2 aromatic carbocycles. The zero-order chi connectivity index (χ0) is 14.4. The lowest BCUT2D eigenvalue weighted by Crippen LogP contribution is -2.24. The van der Waals surface area contributed by atoms with E-state index in [1.165, 1.54) is 19.3 Å². The molecule has 0 heterocycles. The van der Waals surface area contributed by atoms with E-state index in [-0.39, 0.29) is 6.15 Å². The van der Waals surface area contributed by atoms with E-state index in [9.17, 15) is 9.90 Å². The fourth-order valence-electron chi connectivity index (χ4n) is 2.69. The van der Waals surface area contributed by atoms with Crippen molar-refractivity contribution in [2.75, 3.05) is 0 Å². The molecule has 21 heavy (non-hydrogen) atoms. The van der Waals surface area contributed by atoms with Gasteiger partial charge < -0.3 is 16.1 Å². The summed E-state index contributed by atoms with van der Waals surface area (Å²) in [6.45, 7) is 2.19. The number of carbonyl (C=O) groups excluding carboxylic acids is 1. The number of aromatic carboxylic acids is 1. The van der Waals surface area contributed by atoms with Crippen molar-refractivity contribution in [1.82, 2.24) is 6.15 Å². The summed E-state index contributed by atoms with van der Waals surface area (Å²) in [6, 6.07) is 11.5. The van der Waals surface area contributed by atoms with Crippen LogP contribution in [0.2, 0.25) is 0 Å². The number of unbranched alkanes of at least 4 members (excludes halogenated alkanes) is 4. The van der Waals surface area contributed by atoms with Crippen molar-refractivity contribution < 1.29 is 9.90 Å². The van der Waals surface area contributed by atoms with Crippen LogP contribution in [0.1, 0.15) is 54.9 Å². The summed E-state index contributed by atoms with van der Waals surface area (Å²) in [5, 5.41) is 13.2. The Labute approximate surface area is 126 Å². The number of carboxylic acids is 1. The maximum atomic E-state index is 11.5. The standard InChI is InChI=1S/C18H22O2.H3N/c1-2-3-4-5-6-10-15-13-12-14-9-7-8-11-16(14)17(15)18(19)20;/h7-9,11-13H,2-6,10H2,1H3,(H,19,20);1H3. The van der Waals surface area contributed by atoms with Gasteiger partial charge in [0.05, 0.1) is 5.97 Å². The van der Waals surface area contributed by atoms with E-state index in [0.29, 0.717) is 5.56 Å². The molecule has 2 rings (SSSR count). The molecule has 0 aliphatic rings. The smallest absolute Gasteiger partial charge is 0.0724 e. The molecule has 0 fully saturated rings. The number of hydrogen-bond donors (Lipinski definition) is 1. The highest BCUT2D eigenvalue weighted by Gasteiger charge is 2.08. The van der Waals surface area contributed by atoms with Crippen molar-refractivity contribution in [3.05, 3.63) is 47.5 Å². The fraction of sp³-hybridized carbons (Fsp3) is 0.389. The molecule has 0 aliphatic heterocycles. The molecule has 0 bridgehead atoms. The molecule has 0 saturated carbocycles. The van der Waals surface area contributed by atoms with Crippen molar-refractivity contribution in [3.63, 3.8) is 0 Å². The SMILES string of the molecule is CCCCCCCc1ccc2ccccc2c1C(=O)[O-].[NH4+]. The molecule has 114 valence electrons. The highest BCUT2D eigenvalue weighted by atomic mass is 16.4. The molecular weight excluding hydrogens is 262 g/mol. The first-order chi connectivity index (χ1) is 9.74. The topological polar surface area (TPSA) is 76.6 Å². The van der Waals surface area contributed by atoms with Crippen LogP contribution in [0, 0.1) is 0 Å². The first-order valence-electron chi connectivity index (χ1n) is 7.46. The number of benzene rings is 2. The third-order valence-corrected chi connectivity index (χ3v) is 3.77. The van der Waals surface area contributed by atoms with E-state index in [0.717, 1.165) is 35.6 Å². The molecule has 3 nitrogen and oxygen atoms in total. The maximum Gasteiger partial charge on any atom is 0.0724 e. The molecule has 2 aromatic rings. The minimum atomic E-state index is -1.06. The van der Waals surface area contributed by atoms with Crippen LogP contribution in [0.5, 0.6) is 0 Å². The maximum absolute atomic E-state index is 11.5. The molecule has 0 atom stereocenters. The quantitative estimate of drug-likeness (QED) is 0.778. The number of fused-ring (bicyclic) bond motifs is 1. The van der Waals surface area contributed by atoms with Gasteiger partial charge in [-0.1, -0.05) is 69.0 Å². The Morgan fingerprint density at radius 1 is 1.00 bits per heavy atom. The zero-order valence-electron chi connectivity index (χ0n) is 13.0. The van der Waals surface area contributed by atoms with Gasteiger partial charge in [-0.15, -0.1) is 0 Å². The summed E-state index contributed by atoms with van der Waals surface area (Å²) in [4.78, 5) is 11.5. The lowest BCUT2D eigenvalue weighted by Gasteiger charge is -2.14. The summed E-state index contributed by atoms with van der Waals surface area (Å²) in [7, 11) is 0. The Morgan fingerprint density at radius 2 is 1.71 bits per heavy atom. The van der Waals surface area contributed by atoms with Crippen molar-refractivity contribution in [3.8, 4) is 0 Å². The second-order valence-corrected chi connectivity index (χ2v) is 5.27. The number of carbonyl (C=O) groups is 1. The Bertz CT molecular complexity index is 593. The highest BCUT2D eigenvalue weighted by molar-refractivity contribution is 6.04. The minimum absolute atomic E-state index is 0. The fourth-order valence-corrected chi connectivity index (χ4v) is 2.69. The number of quaternary nitrogens is 1. The molecule has 0 unspecified atom stereocenters. The minimum Gasteiger partial charge on any atom is -0.545 e. The van der Waals surface area contributed by atoms with Crippen molar-refractivity contribution in [1.29, 1.82) is 0 Å². The van der Waals surface area contributed by atoms with Gasteiger partial charge in [0.1, 0.15) is 0 Å². The number of hydrogen-bond acceptors (Lipinski definition) is 2. The molecule has 0 spiro atoms. The number of aryl methyl sites for hydroxylation is 1. The average molecular weight is 287 g/mol. The van der Waals surface area contributed by atoms with E-state index in [1.807, 2.05) is 36.4 Å². The highest BCUT2D eigenvalue weighted by Crippen LogP contribution is 2.23. The molecule has 0 radical (unpaired) electrons. The zero-order valence-corrected chi connectivity index (χ0v) is 13.0. The van der Waals surface area contributed by atoms with Crippen LogP contribution >= 0.6 is 0 Å². The van der Waals surface area contributed by atoms with Gasteiger partial charge in [-0.2, -0.15) is 0 Å². The van der Waals surface area contributed by atoms with E-state index in [2.05, 4.69) is 6.92 Å². The van der Waals surface area contributed by atoms with Gasteiger partial charge in [0, 0.05) is 5.56 Å². The molecule has 0 saturated heterocycles. The van der Waals surface area contributed by atoms with Crippen LogP contribution in [-0.4, -0.2) is 5.97 Å². The Hall–Kier alpha value is -1.87. The Kier molecular flexibility index (Phi) is 6.89. The number of carboxylic acid groups (broad SMARTS) is 1. The van der Waals surface area contributed by atoms with Crippen LogP contribution in [0.3, 0.4) is 0 Å². The van der Waals surface area contributed by atoms with Gasteiger partial charge in [-0.25, -0.2) is 0 Å². The van der Waals surface area contributed by atoms with E-state index in [1.54, 1.807) is 0 Å². The van der Waals surface area contributed by atoms with Crippen LogP contribution in [0.4, 0.5) is 0 Å². The summed E-state index contributed by atoms with van der Waals surface area (Å²) in [5.41, 5.74) is 1.28. The van der Waals surface area contributed by atoms with Gasteiger partial charge >= 0.3 is 0 Å². The van der Waals surface area contributed by atoms with E-state index < -0.39 is 5.97 Å². The van der Waals surface area contributed by atoms with Crippen molar-refractivity contribution in [2.45, 2.75) is 45.4 Å². The van der Waals surface area contributed by atoms with Crippen molar-refractivity contribution >= 4 is 16.7 Å². The summed E-state index contributed by atoms with van der Waals surface area (Å²) < 4.78 is 0. The Morgan fingerprint density at radius 3 is 2.43 bits per heavy atom. The van der Waals surface area contributed by atoms with E-state index >= 15 is 0 Å². The van der Waals surface area contributed by atoms with Gasteiger partial charge in [-0.3, -0.25) is 0 Å². The lowest BCUT2D eigenvalue weighted by molar-refractivity contribution is -0.254. The third kappa shape index (κ3) is 4.30. The van der Waals surface area contributed by atoms with Crippen LogP contribution in [0.25, 0.3) is 10.8 Å². The van der Waals surface area contributed by atoms with Crippen LogP contribution < -0.4 is 11.3 Å². The summed E-state index contributed by atoms with van der Waals surface area (Å²) in [5.74, 6) is -1.06. The molecule has 0 aliphatic carbocycles. The third-order valence-electron chi connectivity index (χ3n) is 3.77. The molecule has 0 aromatic heterocycles. The molecule has 4 N–H and O–H groups in total. The second kappa shape index (κ2) is 8.42. The Balaban J connectivity index is 0.00000220. The number of rotatable bonds is 7. The predicted molar refractivity (Wildman–Crippen MR) is 86.7 cm³/mol. The predicted octanol–water partition coefficient (Wildman–Crippen LogP) is 4.09. The molecular formula is C18H25NO2. The summed E-state index contributed by atoms with van der Waals surface area (Å²) in [6.07, 6.45) is 6.72. The van der Waals surface area contributed by atoms with Crippen LogP contribution in [0.15, 0.2) is 36.4 Å². The summed E-state index contributed by atoms with van der Waals surface area (Å²) >= 11 is 0.